The van der Waals surface area contributed by atoms with Crippen molar-refractivity contribution in [2.75, 3.05) is 18.6 Å². The number of hydrogen-bond acceptors (Lipinski definition) is 4. The number of anilines is 1. The predicted octanol–water partition coefficient (Wildman–Crippen LogP) is 7.06. The number of nitrogens with one attached hydrogen (secondary N) is 2. The van der Waals surface area contributed by atoms with E-state index >= 15 is 0 Å². The number of aliphatic hydroxyl groups excluding tert-OH is 1. The molecule has 3 aromatic rings. The summed E-state index contributed by atoms with van der Waals surface area (Å²) < 4.78 is 5.52. The molecular weight excluding hydrogens is 505 g/mol. The molecule has 0 spiro atoms. The second-order valence-electron chi connectivity index (χ2n) is 9.43. The molecule has 197 valence electrons. The van der Waals surface area contributed by atoms with Crippen LogP contribution in [0, 0.1) is 31.6 Å². The van der Waals surface area contributed by atoms with E-state index in [1.54, 1.807) is 31.4 Å². The van der Waals surface area contributed by atoms with Crippen LogP contribution >= 0.6 is 0 Å². The van der Waals surface area contributed by atoms with E-state index < -0.39 is 0 Å². The van der Waals surface area contributed by atoms with Gasteiger partial charge in [0.2, 0.25) is 5.90 Å². The van der Waals surface area contributed by atoms with Crippen molar-refractivity contribution in [2.45, 2.75) is 46.5 Å². The van der Waals surface area contributed by atoms with E-state index in [9.17, 15) is 0 Å². The SMILES string of the molecule is CCN1/C(=C\C=N)C(C)(Cc2cc(C)c(C)cc2C)c2cc(OC)ccc21.N=C(O)c1ccccc1.[Co]. The smallest absolute Gasteiger partial charge is 0.210 e. The van der Waals surface area contributed by atoms with E-state index in [1.165, 1.54) is 45.4 Å². The minimum absolute atomic E-state index is 0. The first-order chi connectivity index (χ1) is 17.2. The molecule has 5 nitrogen and oxygen atoms in total. The Labute approximate surface area is 231 Å². The molecule has 1 unspecified atom stereocenters. The molecule has 1 aliphatic rings. The first kappa shape index (κ1) is 29.9. The van der Waals surface area contributed by atoms with Gasteiger partial charge in [0.05, 0.1) is 7.11 Å². The van der Waals surface area contributed by atoms with Crippen molar-refractivity contribution in [1.82, 2.24) is 0 Å². The summed E-state index contributed by atoms with van der Waals surface area (Å²) in [5.74, 6) is 0.500. The maximum absolute atomic E-state index is 8.61. The topological polar surface area (TPSA) is 80.4 Å². The van der Waals surface area contributed by atoms with E-state index in [2.05, 4.69) is 63.8 Å². The molecule has 6 heteroatoms. The molecular formula is C31H37CoN3O2. The van der Waals surface area contributed by atoms with E-state index in [0.717, 1.165) is 18.7 Å². The third-order valence-electron chi connectivity index (χ3n) is 7.05. The van der Waals surface area contributed by atoms with E-state index in [1.807, 2.05) is 18.2 Å². The van der Waals surface area contributed by atoms with Gasteiger partial charge in [0.15, 0.2) is 0 Å². The first-order valence-corrected chi connectivity index (χ1v) is 12.2. The van der Waals surface area contributed by atoms with Gasteiger partial charge in [-0.15, -0.1) is 0 Å². The third-order valence-corrected chi connectivity index (χ3v) is 7.05. The van der Waals surface area contributed by atoms with Crippen molar-refractivity contribution in [3.63, 3.8) is 0 Å². The van der Waals surface area contributed by atoms with Crippen LogP contribution in [0.5, 0.6) is 5.75 Å². The average molecular weight is 543 g/mol. The largest absolute Gasteiger partial charge is 0.497 e. The summed E-state index contributed by atoms with van der Waals surface area (Å²) in [5, 5.41) is 23.1. The Bertz CT molecular complexity index is 1290. The van der Waals surface area contributed by atoms with Crippen LogP contribution in [0.3, 0.4) is 0 Å². The quantitative estimate of drug-likeness (QED) is 0.230. The fraction of sp³-hybridized carbons (Fsp3) is 0.290. The molecule has 3 N–H and O–H groups in total. The summed E-state index contributed by atoms with van der Waals surface area (Å²) in [4.78, 5) is 2.33. The van der Waals surface area contributed by atoms with Gasteiger partial charge < -0.3 is 20.2 Å². The summed E-state index contributed by atoms with van der Waals surface area (Å²) in [6.07, 6.45) is 4.26. The number of ether oxygens (including phenoxy) is 1. The molecule has 0 amide bonds. The number of aliphatic hydroxyl groups is 1. The molecule has 37 heavy (non-hydrogen) atoms. The van der Waals surface area contributed by atoms with Crippen LogP contribution in [0.2, 0.25) is 0 Å². The average Bonchev–Trinajstić information content (AvgIpc) is 3.10. The molecule has 0 bridgehead atoms. The number of hydrogen-bond donors (Lipinski definition) is 3. The van der Waals surface area contributed by atoms with Gasteiger partial charge >= 0.3 is 0 Å². The van der Waals surface area contributed by atoms with Crippen LogP contribution in [0.15, 0.2) is 72.4 Å². The Morgan fingerprint density at radius 1 is 1.00 bits per heavy atom. The molecule has 1 heterocycles. The molecule has 1 radical (unpaired) electrons. The molecule has 1 atom stereocenters. The van der Waals surface area contributed by atoms with Gasteiger partial charge in [-0.05, 0) is 105 Å². The van der Waals surface area contributed by atoms with Gasteiger partial charge in [-0.25, -0.2) is 0 Å². The molecule has 4 rings (SSSR count). The molecule has 1 aliphatic heterocycles. The molecule has 0 saturated carbocycles. The van der Waals surface area contributed by atoms with Gasteiger partial charge in [-0.2, -0.15) is 0 Å². The van der Waals surface area contributed by atoms with E-state index in [-0.39, 0.29) is 28.1 Å². The summed E-state index contributed by atoms with van der Waals surface area (Å²) in [7, 11) is 1.72. The fourth-order valence-corrected chi connectivity index (χ4v) is 4.95. The summed E-state index contributed by atoms with van der Waals surface area (Å²) >= 11 is 0. The second kappa shape index (κ2) is 12.7. The summed E-state index contributed by atoms with van der Waals surface area (Å²) in [6.45, 7) is 11.9. The third kappa shape index (κ3) is 6.32. The van der Waals surface area contributed by atoms with Crippen LogP contribution < -0.4 is 9.64 Å². The second-order valence-corrected chi connectivity index (χ2v) is 9.43. The Kier molecular flexibility index (Phi) is 10.3. The van der Waals surface area contributed by atoms with Crippen LogP contribution in [0.1, 0.15) is 47.2 Å². The Balaban J connectivity index is 0.000000408. The zero-order valence-corrected chi connectivity index (χ0v) is 23.5. The molecule has 3 aromatic carbocycles. The van der Waals surface area contributed by atoms with Crippen molar-refractivity contribution in [1.29, 1.82) is 10.8 Å². The number of methoxy groups -OCH3 is 1. The summed E-state index contributed by atoms with van der Waals surface area (Å²) in [5.41, 5.74) is 9.37. The van der Waals surface area contributed by atoms with E-state index in [0.29, 0.717) is 5.56 Å². The number of likely N-dealkylation sites (N-methyl/N-ethyl adjacent to an activating group) is 1. The maximum atomic E-state index is 8.61. The number of fused-ring (bicyclic) bond motifs is 1. The standard InChI is InChI=1S/C24H30N2O.C7H7NO.Co/c1-7-26-22-9-8-20(27-6)14-21(22)24(5,23(26)10-11-25)15-19-13-17(3)16(2)12-18(19)4;8-7(9)6-4-2-1-3-5-6;/h8-14,25H,7,15H2,1-6H3;1-5H,(H2,8,9);/b23-10-,25-11?;;. The number of allylic oxidation sites excluding steroid dienone is 2. The molecule has 0 aliphatic carbocycles. The minimum atomic E-state index is -0.379. The number of benzene rings is 3. The predicted molar refractivity (Wildman–Crippen MR) is 150 cm³/mol. The van der Waals surface area contributed by atoms with Crippen molar-refractivity contribution in [2.24, 2.45) is 0 Å². The summed E-state index contributed by atoms with van der Waals surface area (Å²) in [6, 6.07) is 19.7. The molecule has 0 aromatic heterocycles. The number of rotatable bonds is 6. The number of nitrogens with zero attached hydrogens (tertiary/aromatic N) is 1. The van der Waals surface area contributed by atoms with Crippen LogP contribution in [0.4, 0.5) is 5.69 Å². The van der Waals surface area contributed by atoms with Gasteiger partial charge in [-0.3, -0.25) is 5.41 Å². The van der Waals surface area contributed by atoms with Gasteiger partial charge in [-0.1, -0.05) is 30.3 Å². The number of aryl methyl sites for hydroxylation is 3. The normalized spacial score (nSPS) is 16.8. The van der Waals surface area contributed by atoms with Crippen molar-refractivity contribution in [3.8, 4) is 5.75 Å². The van der Waals surface area contributed by atoms with Gasteiger partial charge in [0.1, 0.15) is 5.75 Å². The first-order valence-electron chi connectivity index (χ1n) is 12.2. The molecule has 0 fully saturated rings. The zero-order valence-electron chi connectivity index (χ0n) is 22.5. The van der Waals surface area contributed by atoms with Crippen molar-refractivity contribution in [3.05, 3.63) is 106 Å². The fourth-order valence-electron chi connectivity index (χ4n) is 4.95. The van der Waals surface area contributed by atoms with Crippen molar-refractivity contribution >= 4 is 17.8 Å². The minimum Gasteiger partial charge on any atom is -0.497 e. The Morgan fingerprint density at radius 2 is 1.65 bits per heavy atom. The molecule has 0 saturated heterocycles. The van der Waals surface area contributed by atoms with Crippen LogP contribution in [-0.4, -0.2) is 30.9 Å². The van der Waals surface area contributed by atoms with Gasteiger partial charge in [0.25, 0.3) is 0 Å². The van der Waals surface area contributed by atoms with E-state index in [4.69, 9.17) is 20.7 Å². The van der Waals surface area contributed by atoms with Gasteiger partial charge in [0, 0.05) is 51.9 Å². The zero-order chi connectivity index (χ0) is 26.5. The Hall–Kier alpha value is -3.35. The van der Waals surface area contributed by atoms with Crippen LogP contribution in [0.25, 0.3) is 0 Å². The van der Waals surface area contributed by atoms with Crippen LogP contribution in [-0.2, 0) is 28.6 Å². The van der Waals surface area contributed by atoms with Crippen molar-refractivity contribution < 1.29 is 26.6 Å². The Morgan fingerprint density at radius 3 is 2.19 bits per heavy atom. The maximum Gasteiger partial charge on any atom is 0.210 e. The monoisotopic (exact) mass is 542 g/mol.